The van der Waals surface area contributed by atoms with E-state index in [4.69, 9.17) is 12.2 Å². The number of benzene rings is 1. The summed E-state index contributed by atoms with van der Waals surface area (Å²) in [6.07, 6.45) is 9.72. The van der Waals surface area contributed by atoms with Gasteiger partial charge in [-0.2, -0.15) is 0 Å². The SMILES string of the molecule is CCCCCCN(CCCCCC)C(=S)Nc1ccccc1F. The molecule has 1 aromatic rings. The molecule has 0 bridgehead atoms. The van der Waals surface area contributed by atoms with Crippen LogP contribution < -0.4 is 5.32 Å². The minimum atomic E-state index is -0.258. The molecular weight excluding hydrogens is 307 g/mol. The summed E-state index contributed by atoms with van der Waals surface area (Å²) in [6.45, 7) is 6.33. The number of para-hydroxylation sites is 1. The predicted octanol–water partition coefficient (Wildman–Crippen LogP) is 5.99. The Hall–Kier alpha value is -1.16. The molecule has 0 amide bonds. The van der Waals surface area contributed by atoms with Crippen molar-refractivity contribution in [2.24, 2.45) is 0 Å². The maximum atomic E-state index is 13.8. The molecule has 0 aliphatic heterocycles. The highest BCUT2D eigenvalue weighted by Crippen LogP contribution is 2.14. The zero-order chi connectivity index (χ0) is 16.9. The summed E-state index contributed by atoms with van der Waals surface area (Å²) < 4.78 is 13.8. The predicted molar refractivity (Wildman–Crippen MR) is 102 cm³/mol. The zero-order valence-corrected chi connectivity index (χ0v) is 15.4. The van der Waals surface area contributed by atoms with Gasteiger partial charge in [0, 0.05) is 13.1 Å². The number of hydrogen-bond acceptors (Lipinski definition) is 1. The minimum absolute atomic E-state index is 0.258. The molecule has 2 nitrogen and oxygen atoms in total. The molecular formula is C19H31FN2S. The van der Waals surface area contributed by atoms with Gasteiger partial charge in [-0.3, -0.25) is 0 Å². The molecule has 0 unspecified atom stereocenters. The molecule has 0 atom stereocenters. The van der Waals surface area contributed by atoms with Gasteiger partial charge in [0.2, 0.25) is 0 Å². The third-order valence-corrected chi connectivity index (χ3v) is 4.33. The Morgan fingerprint density at radius 3 is 2.04 bits per heavy atom. The Bertz CT molecular complexity index is 439. The Kier molecular flexibility index (Phi) is 10.6. The Morgan fingerprint density at radius 2 is 1.52 bits per heavy atom. The van der Waals surface area contributed by atoms with Crippen LogP contribution in [0.1, 0.15) is 65.2 Å². The Morgan fingerprint density at radius 1 is 0.957 bits per heavy atom. The standard InChI is InChI=1S/C19H31FN2S/c1-3-5-7-11-15-22(16-12-8-6-4-2)19(23)21-18-14-10-9-13-17(18)20/h9-10,13-14H,3-8,11-12,15-16H2,1-2H3,(H,21,23). The van der Waals surface area contributed by atoms with Gasteiger partial charge >= 0.3 is 0 Å². The molecule has 0 saturated heterocycles. The average molecular weight is 339 g/mol. The Labute approximate surface area is 146 Å². The summed E-state index contributed by atoms with van der Waals surface area (Å²) in [7, 11) is 0. The van der Waals surface area contributed by atoms with E-state index >= 15 is 0 Å². The van der Waals surface area contributed by atoms with Crippen LogP contribution >= 0.6 is 12.2 Å². The van der Waals surface area contributed by atoms with E-state index in [1.54, 1.807) is 12.1 Å². The molecule has 0 radical (unpaired) electrons. The maximum Gasteiger partial charge on any atom is 0.173 e. The molecule has 0 aliphatic carbocycles. The molecule has 1 aromatic carbocycles. The molecule has 0 saturated carbocycles. The first kappa shape index (κ1) is 19.9. The molecule has 0 aromatic heterocycles. The summed E-state index contributed by atoms with van der Waals surface area (Å²) in [5.41, 5.74) is 0.463. The van der Waals surface area contributed by atoms with Crippen molar-refractivity contribution in [2.75, 3.05) is 18.4 Å². The third kappa shape index (κ3) is 8.31. The first-order chi connectivity index (χ1) is 11.2. The van der Waals surface area contributed by atoms with Crippen molar-refractivity contribution in [3.05, 3.63) is 30.1 Å². The van der Waals surface area contributed by atoms with E-state index < -0.39 is 0 Å². The molecule has 0 fully saturated rings. The van der Waals surface area contributed by atoms with Gasteiger partial charge in [-0.25, -0.2) is 4.39 Å². The molecule has 0 spiro atoms. The van der Waals surface area contributed by atoms with Crippen LogP contribution in [0, 0.1) is 5.82 Å². The molecule has 1 rings (SSSR count). The minimum Gasteiger partial charge on any atom is -0.349 e. The summed E-state index contributed by atoms with van der Waals surface area (Å²) in [6, 6.07) is 6.70. The lowest BCUT2D eigenvalue weighted by Gasteiger charge is -2.26. The smallest absolute Gasteiger partial charge is 0.173 e. The van der Waals surface area contributed by atoms with Gasteiger partial charge in [-0.05, 0) is 37.2 Å². The molecule has 4 heteroatoms. The first-order valence-electron chi connectivity index (χ1n) is 8.99. The monoisotopic (exact) mass is 338 g/mol. The van der Waals surface area contributed by atoms with Crippen molar-refractivity contribution in [2.45, 2.75) is 65.2 Å². The third-order valence-electron chi connectivity index (χ3n) is 3.97. The average Bonchev–Trinajstić information content (AvgIpc) is 2.55. The molecule has 23 heavy (non-hydrogen) atoms. The fourth-order valence-corrected chi connectivity index (χ4v) is 2.82. The van der Waals surface area contributed by atoms with Gasteiger partial charge in [0.25, 0.3) is 0 Å². The highest BCUT2D eigenvalue weighted by atomic mass is 32.1. The largest absolute Gasteiger partial charge is 0.349 e. The van der Waals surface area contributed by atoms with Crippen molar-refractivity contribution in [3.8, 4) is 0 Å². The van der Waals surface area contributed by atoms with Crippen LogP contribution in [0.4, 0.5) is 10.1 Å². The highest BCUT2D eigenvalue weighted by molar-refractivity contribution is 7.80. The van der Waals surface area contributed by atoms with Crippen LogP contribution in [0.2, 0.25) is 0 Å². The second kappa shape index (κ2) is 12.3. The number of rotatable bonds is 11. The maximum absolute atomic E-state index is 13.8. The molecule has 0 aliphatic rings. The molecule has 130 valence electrons. The van der Waals surface area contributed by atoms with Gasteiger partial charge in [0.1, 0.15) is 5.82 Å². The van der Waals surface area contributed by atoms with E-state index in [0.29, 0.717) is 10.8 Å². The number of thiocarbonyl (C=S) groups is 1. The van der Waals surface area contributed by atoms with E-state index in [0.717, 1.165) is 25.9 Å². The van der Waals surface area contributed by atoms with Gasteiger partial charge in [0.05, 0.1) is 5.69 Å². The van der Waals surface area contributed by atoms with Crippen molar-refractivity contribution in [1.82, 2.24) is 4.90 Å². The van der Waals surface area contributed by atoms with Gasteiger partial charge in [-0.15, -0.1) is 0 Å². The van der Waals surface area contributed by atoms with Gasteiger partial charge < -0.3 is 10.2 Å². The van der Waals surface area contributed by atoms with Gasteiger partial charge in [0.15, 0.2) is 5.11 Å². The van der Waals surface area contributed by atoms with Crippen LogP contribution in [0.25, 0.3) is 0 Å². The lowest BCUT2D eigenvalue weighted by atomic mass is 10.2. The molecule has 0 heterocycles. The normalized spacial score (nSPS) is 10.6. The van der Waals surface area contributed by atoms with Crippen molar-refractivity contribution in [3.63, 3.8) is 0 Å². The number of halogens is 1. The fourth-order valence-electron chi connectivity index (χ4n) is 2.53. The molecule has 1 N–H and O–H groups in total. The quantitative estimate of drug-likeness (QED) is 0.394. The Balaban J connectivity index is 2.53. The summed E-state index contributed by atoms with van der Waals surface area (Å²) in [4.78, 5) is 2.20. The number of anilines is 1. The van der Waals surface area contributed by atoms with Crippen LogP contribution in [-0.2, 0) is 0 Å². The van der Waals surface area contributed by atoms with Gasteiger partial charge in [-0.1, -0.05) is 64.5 Å². The number of nitrogens with zero attached hydrogens (tertiary/aromatic N) is 1. The zero-order valence-electron chi connectivity index (χ0n) is 14.6. The van der Waals surface area contributed by atoms with Crippen LogP contribution in [0.5, 0.6) is 0 Å². The van der Waals surface area contributed by atoms with E-state index in [2.05, 4.69) is 24.1 Å². The second-order valence-corrected chi connectivity index (χ2v) is 6.41. The lowest BCUT2D eigenvalue weighted by molar-refractivity contribution is 0.391. The van der Waals surface area contributed by atoms with Crippen LogP contribution in [0.15, 0.2) is 24.3 Å². The summed E-state index contributed by atoms with van der Waals surface area (Å²) in [5.74, 6) is -0.258. The van der Waals surface area contributed by atoms with E-state index in [1.807, 2.05) is 6.07 Å². The second-order valence-electron chi connectivity index (χ2n) is 6.02. The fraction of sp³-hybridized carbons (Fsp3) is 0.632. The van der Waals surface area contributed by atoms with Crippen LogP contribution in [0.3, 0.4) is 0 Å². The summed E-state index contributed by atoms with van der Waals surface area (Å²) in [5, 5.41) is 3.72. The van der Waals surface area contributed by atoms with Crippen molar-refractivity contribution < 1.29 is 4.39 Å². The first-order valence-corrected chi connectivity index (χ1v) is 9.40. The van der Waals surface area contributed by atoms with E-state index in [-0.39, 0.29) is 5.82 Å². The van der Waals surface area contributed by atoms with Crippen molar-refractivity contribution >= 4 is 23.0 Å². The van der Waals surface area contributed by atoms with Crippen LogP contribution in [-0.4, -0.2) is 23.1 Å². The highest BCUT2D eigenvalue weighted by Gasteiger charge is 2.11. The number of nitrogens with one attached hydrogen (secondary N) is 1. The topological polar surface area (TPSA) is 15.3 Å². The number of hydrogen-bond donors (Lipinski definition) is 1. The van der Waals surface area contributed by atoms with Crippen molar-refractivity contribution in [1.29, 1.82) is 0 Å². The van der Waals surface area contributed by atoms with E-state index in [1.165, 1.54) is 44.6 Å². The van der Waals surface area contributed by atoms with E-state index in [9.17, 15) is 4.39 Å². The number of unbranched alkanes of at least 4 members (excludes halogenated alkanes) is 6. The summed E-state index contributed by atoms with van der Waals surface area (Å²) >= 11 is 5.52. The lowest BCUT2D eigenvalue weighted by Crippen LogP contribution is -2.36.